The molecular weight excluding hydrogens is 367 g/mol. The van der Waals surface area contributed by atoms with E-state index in [4.69, 9.17) is 0 Å². The number of hydrogen-bond acceptors (Lipinski definition) is 2. The highest BCUT2D eigenvalue weighted by molar-refractivity contribution is 5.45. The fourth-order valence-corrected chi connectivity index (χ4v) is 6.23. The van der Waals surface area contributed by atoms with E-state index in [0.29, 0.717) is 44.1 Å². The summed E-state index contributed by atoms with van der Waals surface area (Å²) in [4.78, 5) is 0. The first kappa shape index (κ1) is 19.4. The van der Waals surface area contributed by atoms with Gasteiger partial charge in [0.15, 0.2) is 0 Å². The van der Waals surface area contributed by atoms with Crippen LogP contribution >= 0.6 is 0 Å². The van der Waals surface area contributed by atoms with E-state index in [2.05, 4.69) is 0 Å². The van der Waals surface area contributed by atoms with Crippen LogP contribution in [-0.4, -0.2) is 34.5 Å². The average molecular weight is 392 g/mol. The molecule has 0 heterocycles. The highest BCUT2D eigenvalue weighted by Crippen LogP contribution is 2.64. The molecule has 6 atom stereocenters. The second kappa shape index (κ2) is 6.02. The van der Waals surface area contributed by atoms with Gasteiger partial charge in [-0.05, 0) is 73.3 Å². The third-order valence-electron chi connectivity index (χ3n) is 7.70. The molecule has 0 aromatic carbocycles. The third-order valence-corrected chi connectivity index (χ3v) is 7.70. The molecule has 4 aliphatic carbocycles. The Bertz CT molecular complexity index is 695. The lowest BCUT2D eigenvalue weighted by Crippen LogP contribution is -2.53. The summed E-state index contributed by atoms with van der Waals surface area (Å²) < 4.78 is 69.2. The highest BCUT2D eigenvalue weighted by Gasteiger charge is 2.68. The van der Waals surface area contributed by atoms with E-state index >= 15 is 0 Å². The standard InChI is InChI=1S/C20H25F5O2/c1-18-7-6-13-12-3-2-11(26)8-10(12)9-15(19(21,22)20(23,24)25)17(13)14(18)4-5-16(18)27/h8,11,14-17,26-27H,2-7,9H2,1H3/t11?,14-,15?,16?,17+,18-/m0/s1. The molecule has 27 heavy (non-hydrogen) atoms. The molecule has 4 aliphatic rings. The maximum absolute atomic E-state index is 14.6. The molecule has 0 bridgehead atoms. The van der Waals surface area contributed by atoms with E-state index in [-0.39, 0.29) is 12.3 Å². The molecule has 152 valence electrons. The normalized spacial score (nSPS) is 42.4. The molecule has 0 amide bonds. The molecule has 2 N–H and O–H groups in total. The molecule has 3 unspecified atom stereocenters. The van der Waals surface area contributed by atoms with Crippen LogP contribution in [0.3, 0.4) is 0 Å². The minimum Gasteiger partial charge on any atom is -0.393 e. The quantitative estimate of drug-likeness (QED) is 0.631. The van der Waals surface area contributed by atoms with Gasteiger partial charge in [0, 0.05) is 5.92 Å². The number of aliphatic hydroxyl groups is 2. The van der Waals surface area contributed by atoms with Gasteiger partial charge in [0.25, 0.3) is 0 Å². The molecular formula is C20H25F5O2. The molecule has 0 radical (unpaired) electrons. The summed E-state index contributed by atoms with van der Waals surface area (Å²) in [6, 6.07) is 0. The van der Waals surface area contributed by atoms with Gasteiger partial charge >= 0.3 is 12.1 Å². The zero-order valence-corrected chi connectivity index (χ0v) is 15.2. The Kier molecular flexibility index (Phi) is 4.32. The van der Waals surface area contributed by atoms with Crippen molar-refractivity contribution in [1.29, 1.82) is 0 Å². The summed E-state index contributed by atoms with van der Waals surface area (Å²) in [5.41, 5.74) is 1.48. The zero-order valence-electron chi connectivity index (χ0n) is 15.2. The summed E-state index contributed by atoms with van der Waals surface area (Å²) >= 11 is 0. The minimum absolute atomic E-state index is 0.365. The Morgan fingerprint density at radius 1 is 1.04 bits per heavy atom. The predicted octanol–water partition coefficient (Wildman–Crippen LogP) is 4.77. The molecule has 0 aromatic heterocycles. The van der Waals surface area contributed by atoms with Crippen molar-refractivity contribution < 1.29 is 32.2 Å². The Morgan fingerprint density at radius 3 is 2.41 bits per heavy atom. The number of aliphatic hydroxyl groups excluding tert-OH is 2. The Morgan fingerprint density at radius 2 is 1.74 bits per heavy atom. The molecule has 0 aliphatic heterocycles. The molecule has 0 saturated heterocycles. The second-order valence-corrected chi connectivity index (χ2v) is 8.96. The Balaban J connectivity index is 1.85. The summed E-state index contributed by atoms with van der Waals surface area (Å²) in [6.45, 7) is 1.84. The smallest absolute Gasteiger partial charge is 0.393 e. The van der Waals surface area contributed by atoms with E-state index < -0.39 is 41.6 Å². The SMILES string of the molecule is C[C@]12CCC3=C4CCC(O)C=C4CC(C(F)(F)C(F)(F)F)[C@H]3[C@@H]1CCC2O. The summed E-state index contributed by atoms with van der Waals surface area (Å²) in [5, 5.41) is 20.3. The van der Waals surface area contributed by atoms with Gasteiger partial charge in [-0.2, -0.15) is 22.0 Å². The molecule has 2 nitrogen and oxygen atoms in total. The molecule has 0 spiro atoms. The van der Waals surface area contributed by atoms with E-state index in [1.54, 1.807) is 0 Å². The molecule has 4 rings (SSSR count). The van der Waals surface area contributed by atoms with Gasteiger partial charge in [0.1, 0.15) is 0 Å². The maximum Gasteiger partial charge on any atom is 0.453 e. The van der Waals surface area contributed by atoms with Gasteiger partial charge in [-0.1, -0.05) is 18.6 Å². The first-order chi connectivity index (χ1) is 12.5. The number of rotatable bonds is 1. The van der Waals surface area contributed by atoms with Crippen molar-refractivity contribution in [3.63, 3.8) is 0 Å². The van der Waals surface area contributed by atoms with Crippen LogP contribution < -0.4 is 0 Å². The first-order valence-electron chi connectivity index (χ1n) is 9.70. The molecule has 7 heteroatoms. The van der Waals surface area contributed by atoms with Gasteiger partial charge in [0.2, 0.25) is 0 Å². The summed E-state index contributed by atoms with van der Waals surface area (Å²) in [7, 11) is 0. The number of halogens is 5. The summed E-state index contributed by atoms with van der Waals surface area (Å²) in [5.74, 6) is -7.90. The van der Waals surface area contributed by atoms with Crippen LogP contribution in [0.4, 0.5) is 22.0 Å². The molecule has 0 aromatic rings. The van der Waals surface area contributed by atoms with Crippen molar-refractivity contribution in [2.24, 2.45) is 23.2 Å². The maximum atomic E-state index is 14.6. The van der Waals surface area contributed by atoms with Gasteiger partial charge in [-0.25, -0.2) is 0 Å². The monoisotopic (exact) mass is 392 g/mol. The van der Waals surface area contributed by atoms with Crippen molar-refractivity contribution in [3.8, 4) is 0 Å². The molecule has 2 saturated carbocycles. The third kappa shape index (κ3) is 2.71. The number of allylic oxidation sites excluding steroid dienone is 3. The summed E-state index contributed by atoms with van der Waals surface area (Å²) in [6.07, 6.45) is -2.97. The zero-order chi connectivity index (χ0) is 19.8. The Labute approximate surface area is 155 Å². The largest absolute Gasteiger partial charge is 0.453 e. The topological polar surface area (TPSA) is 40.5 Å². The van der Waals surface area contributed by atoms with Crippen LogP contribution in [0.15, 0.2) is 22.8 Å². The lowest BCUT2D eigenvalue weighted by Gasteiger charge is -2.52. The predicted molar refractivity (Wildman–Crippen MR) is 89.0 cm³/mol. The van der Waals surface area contributed by atoms with Crippen molar-refractivity contribution in [1.82, 2.24) is 0 Å². The number of alkyl halides is 5. The number of fused-ring (bicyclic) bond motifs is 4. The van der Waals surface area contributed by atoms with Crippen molar-refractivity contribution in [2.45, 2.75) is 76.2 Å². The van der Waals surface area contributed by atoms with Crippen LogP contribution in [0, 0.1) is 23.2 Å². The van der Waals surface area contributed by atoms with Crippen LogP contribution in [0.1, 0.15) is 51.9 Å². The highest BCUT2D eigenvalue weighted by atomic mass is 19.4. The van der Waals surface area contributed by atoms with Crippen LogP contribution in [0.2, 0.25) is 0 Å². The van der Waals surface area contributed by atoms with Gasteiger partial charge in [0.05, 0.1) is 12.2 Å². The molecule has 2 fully saturated rings. The van der Waals surface area contributed by atoms with Gasteiger partial charge < -0.3 is 10.2 Å². The average Bonchev–Trinajstić information content (AvgIpc) is 2.88. The van der Waals surface area contributed by atoms with Gasteiger partial charge in [-0.15, -0.1) is 0 Å². The first-order valence-corrected chi connectivity index (χ1v) is 9.70. The second-order valence-electron chi connectivity index (χ2n) is 8.96. The fourth-order valence-electron chi connectivity index (χ4n) is 6.23. The Hall–Kier alpha value is -0.950. The van der Waals surface area contributed by atoms with Crippen molar-refractivity contribution in [3.05, 3.63) is 22.8 Å². The van der Waals surface area contributed by atoms with Crippen molar-refractivity contribution in [2.75, 3.05) is 0 Å². The van der Waals surface area contributed by atoms with Gasteiger partial charge in [-0.3, -0.25) is 0 Å². The van der Waals surface area contributed by atoms with E-state index in [0.717, 1.165) is 11.1 Å². The van der Waals surface area contributed by atoms with E-state index in [1.807, 2.05) is 6.92 Å². The lowest BCUT2D eigenvalue weighted by atomic mass is 9.53. The van der Waals surface area contributed by atoms with E-state index in [9.17, 15) is 32.2 Å². The van der Waals surface area contributed by atoms with Crippen LogP contribution in [-0.2, 0) is 0 Å². The van der Waals surface area contributed by atoms with E-state index in [1.165, 1.54) is 6.08 Å². The minimum atomic E-state index is -5.61. The lowest BCUT2D eigenvalue weighted by molar-refractivity contribution is -0.311. The van der Waals surface area contributed by atoms with Crippen LogP contribution in [0.5, 0.6) is 0 Å². The number of hydrogen-bond donors (Lipinski definition) is 2. The van der Waals surface area contributed by atoms with Crippen LogP contribution in [0.25, 0.3) is 0 Å². The fraction of sp³-hybridized carbons (Fsp3) is 0.800. The van der Waals surface area contributed by atoms with Crippen molar-refractivity contribution >= 4 is 0 Å².